The molecule has 0 N–H and O–H groups in total. The van der Waals surface area contributed by atoms with Crippen molar-refractivity contribution in [3.05, 3.63) is 78.5 Å². The summed E-state index contributed by atoms with van der Waals surface area (Å²) >= 11 is 7.35. The van der Waals surface area contributed by atoms with E-state index in [2.05, 4.69) is 4.98 Å². The molecular weight excluding hydrogens is 338 g/mol. The first-order chi connectivity index (χ1) is 11.0. The van der Waals surface area contributed by atoms with Crippen LogP contribution in [0.15, 0.2) is 52.8 Å². The van der Waals surface area contributed by atoms with Crippen molar-refractivity contribution in [3.8, 4) is 11.3 Å². The first-order valence-electron chi connectivity index (χ1n) is 6.58. The number of aromatic nitrogens is 2. The number of hydrogen-bond acceptors (Lipinski definition) is 5. The molecule has 23 heavy (non-hydrogen) atoms. The molecule has 0 aliphatic rings. The Bertz CT molecular complexity index is 935. The molecule has 3 aromatic rings. The van der Waals surface area contributed by atoms with Crippen molar-refractivity contribution in [2.24, 2.45) is 0 Å². The van der Waals surface area contributed by atoms with Crippen LogP contribution in [0.3, 0.4) is 0 Å². The van der Waals surface area contributed by atoms with Gasteiger partial charge in [0.25, 0.3) is 11.2 Å². The molecule has 0 radical (unpaired) electrons. The maximum atomic E-state index is 11.8. The largest absolute Gasteiger partial charge is 0.302 e. The normalized spacial score (nSPS) is 10.7. The van der Waals surface area contributed by atoms with Crippen molar-refractivity contribution in [1.82, 2.24) is 9.55 Å². The maximum absolute atomic E-state index is 11.8. The second-order valence-electron chi connectivity index (χ2n) is 4.75. The average molecular weight is 348 g/mol. The van der Waals surface area contributed by atoms with Crippen molar-refractivity contribution in [2.45, 2.75) is 6.54 Å². The van der Waals surface area contributed by atoms with Crippen molar-refractivity contribution in [3.63, 3.8) is 0 Å². The molecule has 3 rings (SSSR count). The molecule has 6 nitrogen and oxygen atoms in total. The van der Waals surface area contributed by atoms with Crippen LogP contribution in [0.2, 0.25) is 5.02 Å². The number of halogens is 1. The standard InChI is InChI=1S/C15H10ClN3O3S/c16-11-3-1-2-10(6-11)13-9-23-14(17-13)8-18-7-12(19(21)22)4-5-15(18)20/h1-7,9H,8H2. The SMILES string of the molecule is O=c1ccc([N+](=O)[O-])cn1Cc1nc(-c2cccc(Cl)c2)cs1. The van der Waals surface area contributed by atoms with Crippen molar-refractivity contribution < 1.29 is 4.92 Å². The van der Waals surface area contributed by atoms with E-state index >= 15 is 0 Å². The van der Waals surface area contributed by atoms with Crippen LogP contribution in [-0.4, -0.2) is 14.5 Å². The Balaban J connectivity index is 1.89. The lowest BCUT2D eigenvalue weighted by Crippen LogP contribution is -2.19. The molecule has 2 heterocycles. The zero-order valence-corrected chi connectivity index (χ0v) is 13.3. The van der Waals surface area contributed by atoms with Crippen LogP contribution in [0.1, 0.15) is 5.01 Å². The third-order valence-corrected chi connectivity index (χ3v) is 4.23. The van der Waals surface area contributed by atoms with Gasteiger partial charge < -0.3 is 4.57 Å². The maximum Gasteiger partial charge on any atom is 0.285 e. The van der Waals surface area contributed by atoms with Crippen LogP contribution in [0.5, 0.6) is 0 Å². The zero-order valence-electron chi connectivity index (χ0n) is 11.7. The monoisotopic (exact) mass is 347 g/mol. The Labute approximate surface area is 139 Å². The molecular formula is C15H10ClN3O3S. The number of thiazole rings is 1. The second-order valence-corrected chi connectivity index (χ2v) is 6.13. The Morgan fingerprint density at radius 1 is 1.30 bits per heavy atom. The minimum absolute atomic E-state index is 0.128. The van der Waals surface area contributed by atoms with E-state index in [1.807, 2.05) is 17.5 Å². The van der Waals surface area contributed by atoms with Crippen molar-refractivity contribution in [2.75, 3.05) is 0 Å². The first-order valence-corrected chi connectivity index (χ1v) is 7.84. The van der Waals surface area contributed by atoms with E-state index in [-0.39, 0.29) is 17.8 Å². The Morgan fingerprint density at radius 3 is 2.87 bits per heavy atom. The molecule has 0 amide bonds. The van der Waals surface area contributed by atoms with Crippen LogP contribution in [0, 0.1) is 10.1 Å². The van der Waals surface area contributed by atoms with Gasteiger partial charge in [-0.15, -0.1) is 11.3 Å². The van der Waals surface area contributed by atoms with Gasteiger partial charge in [-0.25, -0.2) is 4.98 Å². The first kappa shape index (κ1) is 15.4. The lowest BCUT2D eigenvalue weighted by Gasteiger charge is -2.02. The number of rotatable bonds is 4. The highest BCUT2D eigenvalue weighted by atomic mass is 35.5. The van der Waals surface area contributed by atoms with E-state index in [1.165, 1.54) is 34.2 Å². The Morgan fingerprint density at radius 2 is 2.13 bits per heavy atom. The molecule has 0 spiro atoms. The highest BCUT2D eigenvalue weighted by molar-refractivity contribution is 7.09. The molecule has 116 valence electrons. The number of pyridine rings is 1. The van der Waals surface area contributed by atoms with Crippen molar-refractivity contribution in [1.29, 1.82) is 0 Å². The van der Waals surface area contributed by atoms with Gasteiger partial charge in [0.15, 0.2) is 0 Å². The fourth-order valence-corrected chi connectivity index (χ4v) is 3.05. The average Bonchev–Trinajstić information content (AvgIpc) is 2.98. The number of benzene rings is 1. The topological polar surface area (TPSA) is 78.0 Å². The molecule has 8 heteroatoms. The van der Waals surface area contributed by atoms with Crippen LogP contribution in [0.25, 0.3) is 11.3 Å². The summed E-state index contributed by atoms with van der Waals surface area (Å²) in [5.41, 5.74) is 1.20. The molecule has 0 aliphatic carbocycles. The summed E-state index contributed by atoms with van der Waals surface area (Å²) in [5, 5.41) is 14.0. The molecule has 2 aromatic heterocycles. The summed E-state index contributed by atoms with van der Waals surface area (Å²) in [5.74, 6) is 0. The van der Waals surface area contributed by atoms with Gasteiger partial charge in [-0.3, -0.25) is 14.9 Å². The quantitative estimate of drug-likeness (QED) is 0.533. The summed E-state index contributed by atoms with van der Waals surface area (Å²) in [7, 11) is 0. The zero-order chi connectivity index (χ0) is 16.4. The predicted molar refractivity (Wildman–Crippen MR) is 89.0 cm³/mol. The summed E-state index contributed by atoms with van der Waals surface area (Å²) < 4.78 is 1.28. The fourth-order valence-electron chi connectivity index (χ4n) is 2.06. The van der Waals surface area contributed by atoms with Crippen molar-refractivity contribution >= 4 is 28.6 Å². The number of nitrogens with zero attached hydrogens (tertiary/aromatic N) is 3. The molecule has 0 bridgehead atoms. The van der Waals surface area contributed by atoms with Crippen LogP contribution >= 0.6 is 22.9 Å². The summed E-state index contributed by atoms with van der Waals surface area (Å²) in [6.07, 6.45) is 1.22. The smallest absolute Gasteiger partial charge is 0.285 e. The van der Waals surface area contributed by atoms with E-state index in [1.54, 1.807) is 12.1 Å². The molecule has 0 fully saturated rings. The third-order valence-electron chi connectivity index (χ3n) is 3.16. The summed E-state index contributed by atoms with van der Waals surface area (Å²) in [6, 6.07) is 9.69. The second kappa shape index (κ2) is 6.31. The molecule has 0 aliphatic heterocycles. The summed E-state index contributed by atoms with van der Waals surface area (Å²) in [6.45, 7) is 0.186. The van der Waals surface area contributed by atoms with Gasteiger partial charge in [-0.2, -0.15) is 0 Å². The minimum Gasteiger partial charge on any atom is -0.302 e. The van der Waals surface area contributed by atoms with E-state index in [0.717, 1.165) is 11.3 Å². The highest BCUT2D eigenvalue weighted by Gasteiger charge is 2.10. The van der Waals surface area contributed by atoms with Gasteiger partial charge >= 0.3 is 0 Å². The van der Waals surface area contributed by atoms with Gasteiger partial charge in [-0.05, 0) is 12.1 Å². The Hall–Kier alpha value is -2.51. The molecule has 0 atom stereocenters. The summed E-state index contributed by atoms with van der Waals surface area (Å²) in [4.78, 5) is 26.6. The van der Waals surface area contributed by atoms with E-state index in [9.17, 15) is 14.9 Å². The van der Waals surface area contributed by atoms with Crippen LogP contribution in [0.4, 0.5) is 5.69 Å². The molecule has 0 saturated heterocycles. The van der Waals surface area contributed by atoms with E-state index < -0.39 is 4.92 Å². The molecule has 0 saturated carbocycles. The Kier molecular flexibility index (Phi) is 4.22. The highest BCUT2D eigenvalue weighted by Crippen LogP contribution is 2.24. The lowest BCUT2D eigenvalue weighted by atomic mass is 10.2. The molecule has 1 aromatic carbocycles. The van der Waals surface area contributed by atoms with Gasteiger partial charge in [-0.1, -0.05) is 23.7 Å². The molecule has 0 unspecified atom stereocenters. The van der Waals surface area contributed by atoms with Gasteiger partial charge in [0, 0.05) is 28.1 Å². The number of nitro groups is 1. The number of hydrogen-bond donors (Lipinski definition) is 0. The minimum atomic E-state index is -0.533. The third kappa shape index (κ3) is 3.46. The predicted octanol–water partition coefficient (Wildman–Crippen LogP) is 3.58. The van der Waals surface area contributed by atoms with Crippen LogP contribution < -0.4 is 5.56 Å². The lowest BCUT2D eigenvalue weighted by molar-refractivity contribution is -0.385. The van der Waals surface area contributed by atoms with E-state index in [4.69, 9.17) is 11.6 Å². The van der Waals surface area contributed by atoms with Crippen LogP contribution in [-0.2, 0) is 6.54 Å². The van der Waals surface area contributed by atoms with Gasteiger partial charge in [0.2, 0.25) is 0 Å². The van der Waals surface area contributed by atoms with Gasteiger partial charge in [0.1, 0.15) is 5.01 Å². The fraction of sp³-hybridized carbons (Fsp3) is 0.0667. The van der Waals surface area contributed by atoms with E-state index in [0.29, 0.717) is 10.0 Å². The van der Waals surface area contributed by atoms with Gasteiger partial charge in [0.05, 0.1) is 23.4 Å².